The van der Waals surface area contributed by atoms with Crippen molar-refractivity contribution in [2.24, 2.45) is 0 Å². The van der Waals surface area contributed by atoms with Crippen molar-refractivity contribution < 1.29 is 17.2 Å². The molecule has 0 aliphatic rings. The molecule has 0 saturated carbocycles. The molecule has 0 fully saturated rings. The lowest BCUT2D eigenvalue weighted by Crippen LogP contribution is -1.97. The fourth-order valence-electron chi connectivity index (χ4n) is 0.969. The largest absolute Gasteiger partial charge is 0.384 e. The van der Waals surface area contributed by atoms with Crippen LogP contribution in [0.1, 0.15) is 38.5 Å². The van der Waals surface area contributed by atoms with Gasteiger partial charge in [0.1, 0.15) is 0 Å². The number of halogens is 2. The summed E-state index contributed by atoms with van der Waals surface area (Å²) in [6, 6.07) is 0. The zero-order chi connectivity index (χ0) is 10.8. The Morgan fingerprint density at radius 2 is 1.14 bits per heavy atom. The van der Waals surface area contributed by atoms with Crippen molar-refractivity contribution >= 4 is 44.5 Å². The summed E-state index contributed by atoms with van der Waals surface area (Å²) in [7, 11) is 0. The number of unbranched alkanes of at least 4 members (excludes halogenated alkanes) is 3. The lowest BCUT2D eigenvalue weighted by Gasteiger charge is -1.98. The first kappa shape index (κ1) is 13.9. The first-order valence-electron chi connectivity index (χ1n) is 4.33. The van der Waals surface area contributed by atoms with Crippen molar-refractivity contribution in [3.8, 4) is 0 Å². The average molecular weight is 332 g/mol. The lowest BCUT2D eigenvalue weighted by atomic mass is 10.1. The van der Waals surface area contributed by atoms with Crippen LogP contribution in [0.5, 0.6) is 0 Å². The first-order chi connectivity index (χ1) is 6.70. The van der Waals surface area contributed by atoms with E-state index < -0.39 is 0 Å². The van der Waals surface area contributed by atoms with Crippen LogP contribution in [0.25, 0.3) is 0 Å². The van der Waals surface area contributed by atoms with Crippen molar-refractivity contribution in [3.63, 3.8) is 0 Å². The van der Waals surface area contributed by atoms with Gasteiger partial charge in [0.25, 0.3) is 0 Å². The van der Waals surface area contributed by atoms with E-state index in [0.717, 1.165) is 25.7 Å². The van der Waals surface area contributed by atoms with Gasteiger partial charge in [-0.15, -0.1) is 0 Å². The highest BCUT2D eigenvalue weighted by Crippen LogP contribution is 2.08. The van der Waals surface area contributed by atoms with Gasteiger partial charge in [0.05, 0.1) is 0 Å². The van der Waals surface area contributed by atoms with Crippen molar-refractivity contribution in [3.05, 3.63) is 0 Å². The maximum Gasteiger partial charge on any atom is 0.317 e. The van der Waals surface area contributed by atoms with Crippen LogP contribution in [-0.4, -0.2) is 11.9 Å². The summed E-state index contributed by atoms with van der Waals surface area (Å²) in [6.07, 6.45) is 4.22. The molecular weight excluding hydrogens is 320 g/mol. The summed E-state index contributed by atoms with van der Waals surface area (Å²) in [5.41, 5.74) is 0. The summed E-state index contributed by atoms with van der Waals surface area (Å²) >= 11 is 5.22. The Kier molecular flexibility index (Phi) is 9.39. The lowest BCUT2D eigenvalue weighted by molar-refractivity contribution is -0.133. The molecule has 4 nitrogen and oxygen atoms in total. The molecule has 0 N–H and O–H groups in total. The molecule has 6 heteroatoms. The highest BCUT2D eigenvalue weighted by Gasteiger charge is 2.02. The molecule has 0 radical (unpaired) electrons. The number of carbonyl (C=O) groups is 2. The van der Waals surface area contributed by atoms with Gasteiger partial charge in [-0.1, -0.05) is 12.8 Å². The van der Waals surface area contributed by atoms with Gasteiger partial charge in [-0.05, 0) is 12.8 Å². The highest BCUT2D eigenvalue weighted by molar-refractivity contribution is 9.06. The third-order valence-electron chi connectivity index (χ3n) is 1.68. The second-order valence-electron chi connectivity index (χ2n) is 2.81. The number of carbonyl (C=O) groups excluding carboxylic acids is 2. The van der Waals surface area contributed by atoms with Gasteiger partial charge in [0.2, 0.25) is 0 Å². The molecule has 0 aliphatic heterocycles. The van der Waals surface area contributed by atoms with Crippen molar-refractivity contribution in [2.45, 2.75) is 38.5 Å². The minimum Gasteiger partial charge on any atom is -0.384 e. The highest BCUT2D eigenvalue weighted by atomic mass is 79.9. The zero-order valence-electron chi connectivity index (χ0n) is 7.63. The van der Waals surface area contributed by atoms with E-state index in [1.807, 2.05) is 0 Å². The van der Waals surface area contributed by atoms with Crippen LogP contribution in [0, 0.1) is 0 Å². The standard InChI is InChI=1S/C8H12Br2O4/c9-13-7(11)5-3-1-2-4-6-8(12)14-10/h1-6H2. The molecule has 14 heavy (non-hydrogen) atoms. The minimum absolute atomic E-state index is 0.259. The Hall–Kier alpha value is -0.100. The molecule has 0 aromatic carbocycles. The molecule has 82 valence electrons. The Labute approximate surface area is 100 Å². The van der Waals surface area contributed by atoms with Crippen LogP contribution in [-0.2, 0) is 17.2 Å². The molecule has 0 aromatic heterocycles. The van der Waals surface area contributed by atoms with E-state index in [0.29, 0.717) is 12.8 Å². The summed E-state index contributed by atoms with van der Waals surface area (Å²) in [4.78, 5) is 21.3. The third-order valence-corrected chi connectivity index (χ3v) is 2.41. The average Bonchev–Trinajstić information content (AvgIpc) is 2.22. The smallest absolute Gasteiger partial charge is 0.317 e. The van der Waals surface area contributed by atoms with Crippen LogP contribution in [0.3, 0.4) is 0 Å². The maximum atomic E-state index is 10.6. The van der Waals surface area contributed by atoms with Gasteiger partial charge in [-0.3, -0.25) is 9.59 Å². The molecule has 0 bridgehead atoms. The molecule has 0 atom stereocenters. The van der Waals surface area contributed by atoms with Gasteiger partial charge < -0.3 is 7.66 Å². The van der Waals surface area contributed by atoms with E-state index in [1.54, 1.807) is 0 Å². The van der Waals surface area contributed by atoms with Gasteiger partial charge in [-0.2, -0.15) is 0 Å². The Balaban J connectivity index is 3.14. The molecule has 0 aromatic rings. The molecule has 0 unspecified atom stereocenters. The van der Waals surface area contributed by atoms with E-state index in [1.165, 1.54) is 0 Å². The van der Waals surface area contributed by atoms with Crippen LogP contribution >= 0.6 is 32.5 Å². The quantitative estimate of drug-likeness (QED) is 0.673. The van der Waals surface area contributed by atoms with Gasteiger partial charge >= 0.3 is 11.9 Å². The van der Waals surface area contributed by atoms with Gasteiger partial charge in [-0.25, -0.2) is 0 Å². The van der Waals surface area contributed by atoms with E-state index in [2.05, 4.69) is 40.2 Å². The topological polar surface area (TPSA) is 52.6 Å². The van der Waals surface area contributed by atoms with E-state index in [-0.39, 0.29) is 11.9 Å². The first-order valence-corrected chi connectivity index (χ1v) is 5.63. The van der Waals surface area contributed by atoms with Crippen LogP contribution in [0.2, 0.25) is 0 Å². The molecule has 0 rings (SSSR count). The summed E-state index contributed by atoms with van der Waals surface area (Å²) in [6.45, 7) is 0. The predicted octanol–water partition coefficient (Wildman–Crippen LogP) is 3.03. The fraction of sp³-hybridized carbons (Fsp3) is 0.750. The number of rotatable bonds is 7. The molecule has 0 heterocycles. The monoisotopic (exact) mass is 330 g/mol. The second kappa shape index (κ2) is 9.45. The SMILES string of the molecule is O=C(CCCCCCC(=O)OBr)OBr. The molecule has 0 amide bonds. The summed E-state index contributed by atoms with van der Waals surface area (Å²) in [5.74, 6) is -0.519. The zero-order valence-corrected chi connectivity index (χ0v) is 10.8. The Bertz CT molecular complexity index is 164. The van der Waals surface area contributed by atoms with Crippen LogP contribution < -0.4 is 0 Å². The van der Waals surface area contributed by atoms with E-state index in [9.17, 15) is 9.59 Å². The van der Waals surface area contributed by atoms with Crippen molar-refractivity contribution in [1.82, 2.24) is 0 Å². The number of hydrogen-bond acceptors (Lipinski definition) is 4. The van der Waals surface area contributed by atoms with Crippen LogP contribution in [0.4, 0.5) is 0 Å². The normalized spacial score (nSPS) is 9.57. The van der Waals surface area contributed by atoms with E-state index in [4.69, 9.17) is 0 Å². The summed E-state index contributed by atoms with van der Waals surface area (Å²) in [5, 5.41) is 0. The predicted molar refractivity (Wildman–Crippen MR) is 57.7 cm³/mol. The third kappa shape index (κ3) is 8.50. The van der Waals surface area contributed by atoms with E-state index >= 15 is 0 Å². The minimum atomic E-state index is -0.259. The fourth-order valence-corrected chi connectivity index (χ4v) is 1.29. The van der Waals surface area contributed by atoms with Crippen LogP contribution in [0.15, 0.2) is 0 Å². The maximum absolute atomic E-state index is 10.6. The van der Waals surface area contributed by atoms with Crippen molar-refractivity contribution in [2.75, 3.05) is 0 Å². The Morgan fingerprint density at radius 3 is 1.43 bits per heavy atom. The van der Waals surface area contributed by atoms with Gasteiger partial charge in [0.15, 0.2) is 32.5 Å². The molecule has 0 aliphatic carbocycles. The van der Waals surface area contributed by atoms with Crippen molar-refractivity contribution in [1.29, 1.82) is 0 Å². The second-order valence-corrected chi connectivity index (χ2v) is 3.46. The summed E-state index contributed by atoms with van der Waals surface area (Å²) < 4.78 is 8.61. The molecular formula is C8H12Br2O4. The van der Waals surface area contributed by atoms with Gasteiger partial charge in [0, 0.05) is 12.8 Å². The number of hydrogen-bond donors (Lipinski definition) is 0. The molecule has 0 spiro atoms. The molecule has 0 saturated heterocycles. The Morgan fingerprint density at radius 1 is 0.786 bits per heavy atom.